The van der Waals surface area contributed by atoms with Crippen LogP contribution in [0.1, 0.15) is 44.5 Å². The van der Waals surface area contributed by atoms with Crippen molar-refractivity contribution in [2.75, 3.05) is 4.90 Å². The fourth-order valence-electron chi connectivity index (χ4n) is 13.4. The second-order valence-electron chi connectivity index (χ2n) is 20.3. The molecule has 0 heterocycles. The highest BCUT2D eigenvalue weighted by atomic mass is 15.1. The summed E-state index contributed by atoms with van der Waals surface area (Å²) in [5.41, 5.74) is 27.6. The van der Waals surface area contributed by atoms with Crippen LogP contribution in [0.15, 0.2) is 297 Å². The van der Waals surface area contributed by atoms with Gasteiger partial charge < -0.3 is 4.90 Å². The molecule has 0 saturated heterocycles. The van der Waals surface area contributed by atoms with E-state index in [4.69, 9.17) is 0 Å². The summed E-state index contributed by atoms with van der Waals surface area (Å²) in [5.74, 6) is 0. The molecule has 350 valence electrons. The molecule has 0 saturated carbocycles. The Labute approximate surface area is 439 Å². The van der Waals surface area contributed by atoms with Crippen molar-refractivity contribution in [2.45, 2.75) is 10.8 Å². The molecule has 15 rings (SSSR count). The molecular formula is C74H49N. The fourth-order valence-corrected chi connectivity index (χ4v) is 13.4. The summed E-state index contributed by atoms with van der Waals surface area (Å²) in [6, 6.07) is 111. The van der Waals surface area contributed by atoms with Crippen LogP contribution in [0.4, 0.5) is 17.1 Å². The van der Waals surface area contributed by atoms with Gasteiger partial charge in [-0.3, -0.25) is 0 Å². The van der Waals surface area contributed by atoms with E-state index in [0.717, 1.165) is 22.6 Å². The zero-order valence-electron chi connectivity index (χ0n) is 41.2. The molecule has 0 bridgehead atoms. The van der Waals surface area contributed by atoms with E-state index in [2.05, 4.69) is 302 Å². The number of hydrogen-bond acceptors (Lipinski definition) is 1. The predicted molar refractivity (Wildman–Crippen MR) is 311 cm³/mol. The average Bonchev–Trinajstić information content (AvgIpc) is 4.08. The molecule has 0 radical (unpaired) electrons. The van der Waals surface area contributed by atoms with Gasteiger partial charge in [0.2, 0.25) is 0 Å². The van der Waals surface area contributed by atoms with E-state index in [1.54, 1.807) is 0 Å². The lowest BCUT2D eigenvalue weighted by Crippen LogP contribution is -2.28. The van der Waals surface area contributed by atoms with Crippen molar-refractivity contribution in [3.8, 4) is 66.8 Å². The highest BCUT2D eigenvalue weighted by Crippen LogP contribution is 2.64. The third kappa shape index (κ3) is 6.38. The van der Waals surface area contributed by atoms with E-state index in [1.807, 2.05) is 0 Å². The van der Waals surface area contributed by atoms with E-state index in [0.29, 0.717) is 0 Å². The summed E-state index contributed by atoms with van der Waals surface area (Å²) >= 11 is 0. The van der Waals surface area contributed by atoms with Crippen LogP contribution in [-0.2, 0) is 10.8 Å². The molecule has 0 unspecified atom stereocenters. The number of benzene rings is 12. The molecule has 0 atom stereocenters. The monoisotopic (exact) mass is 951 g/mol. The van der Waals surface area contributed by atoms with E-state index in [1.165, 1.54) is 106 Å². The highest BCUT2D eigenvalue weighted by molar-refractivity contribution is 5.97. The summed E-state index contributed by atoms with van der Waals surface area (Å²) in [6.07, 6.45) is 0. The normalized spacial score (nSPS) is 13.5. The lowest BCUT2D eigenvalue weighted by atomic mass is 9.68. The molecule has 0 aliphatic heterocycles. The second-order valence-corrected chi connectivity index (χ2v) is 20.3. The molecule has 0 amide bonds. The molecule has 3 aliphatic carbocycles. The lowest BCUT2D eigenvalue weighted by molar-refractivity contribution is 0.768. The highest BCUT2D eigenvalue weighted by Gasteiger charge is 2.52. The first-order valence-electron chi connectivity index (χ1n) is 26.2. The molecule has 0 aromatic heterocycles. The minimum Gasteiger partial charge on any atom is -0.310 e. The smallest absolute Gasteiger partial charge is 0.0725 e. The molecule has 75 heavy (non-hydrogen) atoms. The molecule has 0 fully saturated rings. The van der Waals surface area contributed by atoms with Crippen molar-refractivity contribution in [1.82, 2.24) is 0 Å². The third-order valence-corrected chi connectivity index (χ3v) is 16.5. The Kier molecular flexibility index (Phi) is 9.77. The first-order valence-corrected chi connectivity index (χ1v) is 26.2. The number of anilines is 3. The quantitative estimate of drug-likeness (QED) is 0.147. The zero-order valence-corrected chi connectivity index (χ0v) is 41.2. The van der Waals surface area contributed by atoms with Gasteiger partial charge in [0.15, 0.2) is 0 Å². The van der Waals surface area contributed by atoms with Gasteiger partial charge in [0, 0.05) is 17.1 Å². The number of rotatable bonds is 8. The minimum atomic E-state index is -0.494. The Morgan fingerprint density at radius 1 is 0.187 bits per heavy atom. The van der Waals surface area contributed by atoms with Crippen molar-refractivity contribution >= 4 is 17.1 Å². The summed E-state index contributed by atoms with van der Waals surface area (Å²) in [5, 5.41) is 0. The zero-order chi connectivity index (χ0) is 49.5. The first-order chi connectivity index (χ1) is 37.2. The third-order valence-electron chi connectivity index (χ3n) is 16.5. The van der Waals surface area contributed by atoms with Gasteiger partial charge in [0.1, 0.15) is 0 Å². The van der Waals surface area contributed by atoms with Crippen LogP contribution in [0.5, 0.6) is 0 Å². The van der Waals surface area contributed by atoms with Crippen LogP contribution < -0.4 is 4.90 Å². The summed E-state index contributed by atoms with van der Waals surface area (Å²) in [4.78, 5) is 2.48. The van der Waals surface area contributed by atoms with E-state index < -0.39 is 10.8 Å². The van der Waals surface area contributed by atoms with Crippen LogP contribution in [0.25, 0.3) is 66.8 Å². The standard InChI is InChI=1S/C74H49N/c1-5-21-50(22-6-1)53-45-54(51-23-7-2-8-24-51)47-55(46-53)52-37-39-58(40-38-52)75(59-41-43-71-65(48-59)63-31-15-17-33-67(63)73(71,56-25-9-3-10-26-56)57-27-11-4-12-28-57)60-42-44-72-66(49-60)64-32-16-20-36-70(64)74(72)68-34-18-13-29-61(68)62-30-14-19-35-69(62)74/h1-49H. The SMILES string of the molecule is c1ccc(-c2cc(-c3ccccc3)cc(-c3ccc(N(c4ccc5c(c4)-c4ccccc4C5(c4ccccc4)c4ccccc4)c4ccc5c(c4)-c4ccccc4C54c5ccccc5-c5ccccc54)cc3)c2)cc1. The van der Waals surface area contributed by atoms with Crippen molar-refractivity contribution < 1.29 is 0 Å². The molecule has 1 spiro atoms. The van der Waals surface area contributed by atoms with Gasteiger partial charge in [-0.2, -0.15) is 0 Å². The lowest BCUT2D eigenvalue weighted by Gasteiger charge is -2.34. The fraction of sp³-hybridized carbons (Fsp3) is 0.0270. The minimum absolute atomic E-state index is 0.424. The van der Waals surface area contributed by atoms with Gasteiger partial charge in [-0.15, -0.1) is 0 Å². The largest absolute Gasteiger partial charge is 0.310 e. The van der Waals surface area contributed by atoms with Crippen LogP contribution in [0.2, 0.25) is 0 Å². The molecule has 12 aromatic carbocycles. The molecular weight excluding hydrogens is 903 g/mol. The summed E-state index contributed by atoms with van der Waals surface area (Å²) < 4.78 is 0. The summed E-state index contributed by atoms with van der Waals surface area (Å²) in [6.45, 7) is 0. The predicted octanol–water partition coefficient (Wildman–Crippen LogP) is 18.9. The van der Waals surface area contributed by atoms with E-state index in [-0.39, 0.29) is 0 Å². The van der Waals surface area contributed by atoms with Gasteiger partial charge in [0.25, 0.3) is 0 Å². The maximum atomic E-state index is 2.48. The number of hydrogen-bond donors (Lipinski definition) is 0. The molecule has 1 nitrogen and oxygen atoms in total. The van der Waals surface area contributed by atoms with Gasteiger partial charge in [-0.05, 0) is 166 Å². The number of nitrogens with zero attached hydrogens (tertiary/aromatic N) is 1. The Hall–Kier alpha value is -9.56. The van der Waals surface area contributed by atoms with Crippen molar-refractivity contribution in [3.05, 3.63) is 342 Å². The average molecular weight is 952 g/mol. The Morgan fingerprint density at radius 3 is 0.893 bits per heavy atom. The van der Waals surface area contributed by atoms with Crippen molar-refractivity contribution in [3.63, 3.8) is 0 Å². The maximum absolute atomic E-state index is 2.48. The van der Waals surface area contributed by atoms with Crippen molar-refractivity contribution in [2.24, 2.45) is 0 Å². The second kappa shape index (κ2) is 17.0. The molecule has 0 N–H and O–H groups in total. The van der Waals surface area contributed by atoms with Gasteiger partial charge in [-0.25, -0.2) is 0 Å². The number of fused-ring (bicyclic) bond motifs is 13. The van der Waals surface area contributed by atoms with E-state index in [9.17, 15) is 0 Å². The maximum Gasteiger partial charge on any atom is 0.0725 e. The van der Waals surface area contributed by atoms with Crippen LogP contribution in [0.3, 0.4) is 0 Å². The Bertz CT molecular complexity index is 3920. The first kappa shape index (κ1) is 43.1. The Morgan fingerprint density at radius 2 is 0.480 bits per heavy atom. The topological polar surface area (TPSA) is 3.24 Å². The van der Waals surface area contributed by atoms with Crippen LogP contribution in [0, 0.1) is 0 Å². The van der Waals surface area contributed by atoms with Gasteiger partial charge in [0.05, 0.1) is 10.8 Å². The molecule has 12 aromatic rings. The van der Waals surface area contributed by atoms with Gasteiger partial charge >= 0.3 is 0 Å². The van der Waals surface area contributed by atoms with E-state index >= 15 is 0 Å². The summed E-state index contributed by atoms with van der Waals surface area (Å²) in [7, 11) is 0. The molecule has 3 aliphatic rings. The Balaban J connectivity index is 0.939. The van der Waals surface area contributed by atoms with Crippen LogP contribution in [-0.4, -0.2) is 0 Å². The van der Waals surface area contributed by atoms with Gasteiger partial charge in [-0.1, -0.05) is 243 Å². The molecule has 1 heteroatoms. The van der Waals surface area contributed by atoms with Crippen molar-refractivity contribution in [1.29, 1.82) is 0 Å². The van der Waals surface area contributed by atoms with Crippen LogP contribution >= 0.6 is 0 Å².